The number of primary sulfonamides is 1. The monoisotopic (exact) mass is 435 g/mol. The van der Waals surface area contributed by atoms with Crippen molar-refractivity contribution in [2.24, 2.45) is 5.14 Å². The zero-order valence-corrected chi connectivity index (χ0v) is 17.4. The number of carbonyl (C=O) groups excluding carboxylic acids is 1. The Morgan fingerprint density at radius 2 is 2.00 bits per heavy atom. The van der Waals surface area contributed by atoms with E-state index < -0.39 is 10.0 Å². The van der Waals surface area contributed by atoms with Gasteiger partial charge in [-0.15, -0.1) is 10.2 Å². The van der Waals surface area contributed by atoms with Crippen LogP contribution in [0.3, 0.4) is 0 Å². The topological polar surface area (TPSA) is 133 Å². The van der Waals surface area contributed by atoms with Gasteiger partial charge in [-0.2, -0.15) is 0 Å². The molecule has 2 heterocycles. The molecule has 0 radical (unpaired) electrons. The van der Waals surface area contributed by atoms with E-state index in [1.807, 2.05) is 17.6 Å². The molecule has 0 aliphatic rings. The Morgan fingerprint density at radius 1 is 1.24 bits per heavy atom. The molecule has 0 bridgehead atoms. The predicted octanol–water partition coefficient (Wildman–Crippen LogP) is 1.66. The molecule has 0 saturated heterocycles. The number of aromatic nitrogens is 3. The Bertz CT molecular complexity index is 1060. The van der Waals surface area contributed by atoms with Crippen LogP contribution in [0.2, 0.25) is 0 Å². The van der Waals surface area contributed by atoms with E-state index in [0.717, 1.165) is 5.56 Å². The highest BCUT2D eigenvalue weighted by Crippen LogP contribution is 2.24. The number of thioether (sulfide) groups is 1. The Labute approximate surface area is 172 Å². The van der Waals surface area contributed by atoms with Crippen molar-refractivity contribution in [3.8, 4) is 11.6 Å². The smallest absolute Gasteiger partial charge is 0.238 e. The van der Waals surface area contributed by atoms with Crippen LogP contribution >= 0.6 is 11.8 Å². The molecule has 1 amide bonds. The number of furan rings is 1. The first-order valence-electron chi connectivity index (χ1n) is 8.87. The van der Waals surface area contributed by atoms with Gasteiger partial charge >= 0.3 is 0 Å². The van der Waals surface area contributed by atoms with Crippen molar-refractivity contribution in [1.29, 1.82) is 0 Å². The number of hydrogen-bond acceptors (Lipinski definition) is 7. The highest BCUT2D eigenvalue weighted by atomic mass is 32.2. The summed E-state index contributed by atoms with van der Waals surface area (Å²) < 4.78 is 29.8. The van der Waals surface area contributed by atoms with Crippen LogP contribution < -0.4 is 10.5 Å². The molecule has 0 saturated carbocycles. The van der Waals surface area contributed by atoms with Crippen LogP contribution in [0.5, 0.6) is 0 Å². The van der Waals surface area contributed by atoms with Crippen LogP contribution in [-0.2, 0) is 27.8 Å². The molecular formula is C18H21N5O4S2. The van der Waals surface area contributed by atoms with E-state index in [4.69, 9.17) is 9.56 Å². The maximum Gasteiger partial charge on any atom is 0.238 e. The summed E-state index contributed by atoms with van der Waals surface area (Å²) in [7, 11) is -3.70. The van der Waals surface area contributed by atoms with Gasteiger partial charge in [-0.3, -0.25) is 9.36 Å². The number of nitrogens with zero attached hydrogens (tertiary/aromatic N) is 3. The normalized spacial score (nSPS) is 11.5. The van der Waals surface area contributed by atoms with Crippen molar-refractivity contribution >= 4 is 27.7 Å². The molecular weight excluding hydrogens is 414 g/mol. The summed E-state index contributed by atoms with van der Waals surface area (Å²) in [4.78, 5) is 12.2. The minimum absolute atomic E-state index is 0.0654. The Morgan fingerprint density at radius 3 is 2.62 bits per heavy atom. The lowest BCUT2D eigenvalue weighted by Crippen LogP contribution is -2.27. The molecule has 3 rings (SSSR count). The molecule has 29 heavy (non-hydrogen) atoms. The van der Waals surface area contributed by atoms with Gasteiger partial charge in [0.1, 0.15) is 0 Å². The van der Waals surface area contributed by atoms with Crippen molar-refractivity contribution in [3.05, 3.63) is 48.2 Å². The van der Waals surface area contributed by atoms with Gasteiger partial charge in [-0.1, -0.05) is 23.9 Å². The zero-order valence-electron chi connectivity index (χ0n) is 15.7. The van der Waals surface area contributed by atoms with E-state index in [-0.39, 0.29) is 16.6 Å². The number of benzene rings is 1. The number of sulfonamides is 1. The summed E-state index contributed by atoms with van der Waals surface area (Å²) in [6.45, 7) is 3.06. The van der Waals surface area contributed by atoms with Crippen LogP contribution in [0.4, 0.5) is 0 Å². The molecule has 0 unspecified atom stereocenters. The fourth-order valence-electron chi connectivity index (χ4n) is 2.64. The highest BCUT2D eigenvalue weighted by Gasteiger charge is 2.16. The van der Waals surface area contributed by atoms with Gasteiger partial charge in [0.15, 0.2) is 16.7 Å². The van der Waals surface area contributed by atoms with Gasteiger partial charge in [0, 0.05) is 13.1 Å². The molecule has 1 aromatic carbocycles. The summed E-state index contributed by atoms with van der Waals surface area (Å²) in [5.74, 6) is 1.34. The van der Waals surface area contributed by atoms with Crippen molar-refractivity contribution in [2.75, 3.05) is 12.3 Å². The number of nitrogens with two attached hydrogens (primary N) is 1. The average molecular weight is 436 g/mol. The Hall–Kier alpha value is -2.63. The Kier molecular flexibility index (Phi) is 6.72. The van der Waals surface area contributed by atoms with E-state index in [9.17, 15) is 13.2 Å². The number of amides is 1. The highest BCUT2D eigenvalue weighted by molar-refractivity contribution is 7.99. The molecule has 11 heteroatoms. The third-order valence-corrected chi connectivity index (χ3v) is 5.99. The van der Waals surface area contributed by atoms with Gasteiger partial charge in [0.05, 0.1) is 16.9 Å². The predicted molar refractivity (Wildman–Crippen MR) is 109 cm³/mol. The van der Waals surface area contributed by atoms with E-state index in [0.29, 0.717) is 36.3 Å². The SMILES string of the molecule is CCn1c(SCC(=O)NCCc2ccc(S(N)(=O)=O)cc2)nnc1-c1ccco1. The third-order valence-electron chi connectivity index (χ3n) is 4.09. The molecule has 9 nitrogen and oxygen atoms in total. The number of carbonyl (C=O) groups is 1. The minimum atomic E-state index is -3.70. The molecule has 0 spiro atoms. The van der Waals surface area contributed by atoms with Crippen LogP contribution in [0, 0.1) is 0 Å². The standard InChI is InChI=1S/C18H21N5O4S2/c1-2-23-17(15-4-3-11-27-15)21-22-18(23)28-12-16(24)20-10-9-13-5-7-14(8-6-13)29(19,25)26/h3-8,11H,2,9-10,12H2,1H3,(H,20,24)(H2,19,25,26). The molecule has 0 aliphatic heterocycles. The van der Waals surface area contributed by atoms with Gasteiger partial charge < -0.3 is 9.73 Å². The van der Waals surface area contributed by atoms with Gasteiger partial charge in [-0.05, 0) is 43.2 Å². The quantitative estimate of drug-likeness (QED) is 0.488. The second kappa shape index (κ2) is 9.25. The third kappa shape index (κ3) is 5.46. The summed E-state index contributed by atoms with van der Waals surface area (Å²) in [5.41, 5.74) is 0.902. The van der Waals surface area contributed by atoms with Crippen molar-refractivity contribution in [1.82, 2.24) is 20.1 Å². The molecule has 0 aliphatic carbocycles. The van der Waals surface area contributed by atoms with Crippen molar-refractivity contribution in [2.45, 2.75) is 29.9 Å². The first-order chi connectivity index (χ1) is 13.9. The van der Waals surface area contributed by atoms with E-state index in [1.54, 1.807) is 24.5 Å². The minimum Gasteiger partial charge on any atom is -0.461 e. The summed E-state index contributed by atoms with van der Waals surface area (Å²) in [5, 5.41) is 16.9. The van der Waals surface area contributed by atoms with Gasteiger partial charge in [0.2, 0.25) is 15.9 Å². The largest absolute Gasteiger partial charge is 0.461 e. The maximum atomic E-state index is 12.1. The van der Waals surface area contributed by atoms with Crippen LogP contribution in [-0.4, -0.2) is 41.4 Å². The van der Waals surface area contributed by atoms with Gasteiger partial charge in [0.25, 0.3) is 0 Å². The fourth-order valence-corrected chi connectivity index (χ4v) is 3.99. The lowest BCUT2D eigenvalue weighted by molar-refractivity contribution is -0.118. The lowest BCUT2D eigenvalue weighted by Gasteiger charge is -2.07. The van der Waals surface area contributed by atoms with E-state index >= 15 is 0 Å². The average Bonchev–Trinajstić information content (AvgIpc) is 3.35. The van der Waals surface area contributed by atoms with Crippen LogP contribution in [0.1, 0.15) is 12.5 Å². The van der Waals surface area contributed by atoms with Gasteiger partial charge in [-0.25, -0.2) is 13.6 Å². The first-order valence-corrected chi connectivity index (χ1v) is 11.4. The van der Waals surface area contributed by atoms with Crippen LogP contribution in [0.15, 0.2) is 57.1 Å². The lowest BCUT2D eigenvalue weighted by atomic mass is 10.1. The second-order valence-corrected chi connectivity index (χ2v) is 8.61. The molecule has 0 fully saturated rings. The molecule has 3 aromatic rings. The van der Waals surface area contributed by atoms with Crippen LogP contribution in [0.25, 0.3) is 11.6 Å². The molecule has 0 atom stereocenters. The molecule has 2 aromatic heterocycles. The number of nitrogens with one attached hydrogen (secondary N) is 1. The summed E-state index contributed by atoms with van der Waals surface area (Å²) >= 11 is 1.30. The van der Waals surface area contributed by atoms with E-state index in [1.165, 1.54) is 23.9 Å². The molecule has 154 valence electrons. The Balaban J connectivity index is 1.48. The summed E-state index contributed by atoms with van der Waals surface area (Å²) in [6.07, 6.45) is 2.15. The number of hydrogen-bond donors (Lipinski definition) is 2. The maximum absolute atomic E-state index is 12.1. The summed E-state index contributed by atoms with van der Waals surface area (Å²) in [6, 6.07) is 9.87. The fraction of sp³-hybridized carbons (Fsp3) is 0.278. The second-order valence-electron chi connectivity index (χ2n) is 6.11. The van der Waals surface area contributed by atoms with Crippen molar-refractivity contribution in [3.63, 3.8) is 0 Å². The zero-order chi connectivity index (χ0) is 20.9. The number of rotatable bonds is 9. The van der Waals surface area contributed by atoms with Crippen molar-refractivity contribution < 1.29 is 17.6 Å². The first kappa shape index (κ1) is 21.1. The molecule has 3 N–H and O–H groups in total. The van der Waals surface area contributed by atoms with E-state index in [2.05, 4.69) is 15.5 Å².